The first-order valence-corrected chi connectivity index (χ1v) is 6.39. The van der Waals surface area contributed by atoms with E-state index in [2.05, 4.69) is 0 Å². The minimum absolute atomic E-state index is 0.0885. The highest BCUT2D eigenvalue weighted by Gasteiger charge is 2.17. The molecule has 0 heterocycles. The predicted molar refractivity (Wildman–Crippen MR) is 75.8 cm³/mol. The number of carbonyl (C=O) groups is 4. The number of halogens is 4. The van der Waals surface area contributed by atoms with Crippen LogP contribution in [0.2, 0.25) is 0 Å². The normalized spacial score (nSPS) is 18.6. The van der Waals surface area contributed by atoms with Crippen LogP contribution in [0.5, 0.6) is 0 Å². The molecule has 0 aromatic rings. The SMILES string of the molecule is O=C1C=C(Cl)C(=O)C=C1Cl.O=C1C=C(Cl)C(=O)C=C1Cl. The van der Waals surface area contributed by atoms with E-state index in [4.69, 9.17) is 46.4 Å². The average Bonchev–Trinajstić information content (AvgIpc) is 2.35. The Kier molecular flexibility index (Phi) is 5.89. The summed E-state index contributed by atoms with van der Waals surface area (Å²) in [5.74, 6) is -1.70. The molecule has 20 heavy (non-hydrogen) atoms. The second-order valence-corrected chi connectivity index (χ2v) is 5.05. The molecule has 0 aromatic heterocycles. The van der Waals surface area contributed by atoms with Gasteiger partial charge in [0.2, 0.25) is 0 Å². The van der Waals surface area contributed by atoms with Crippen molar-refractivity contribution in [1.82, 2.24) is 0 Å². The van der Waals surface area contributed by atoms with Gasteiger partial charge in [-0.25, -0.2) is 0 Å². The van der Waals surface area contributed by atoms with Gasteiger partial charge in [0.25, 0.3) is 0 Å². The third-order valence-corrected chi connectivity index (χ3v) is 3.15. The van der Waals surface area contributed by atoms with Gasteiger partial charge in [0.15, 0.2) is 23.1 Å². The largest absolute Gasteiger partial charge is 0.288 e. The van der Waals surface area contributed by atoms with E-state index < -0.39 is 23.1 Å². The number of carbonyl (C=O) groups excluding carboxylic acids is 4. The molecule has 0 fully saturated rings. The van der Waals surface area contributed by atoms with Crippen molar-refractivity contribution in [2.45, 2.75) is 0 Å². The van der Waals surface area contributed by atoms with Crippen molar-refractivity contribution in [1.29, 1.82) is 0 Å². The summed E-state index contributed by atoms with van der Waals surface area (Å²) in [6.45, 7) is 0. The monoisotopic (exact) mass is 352 g/mol. The van der Waals surface area contributed by atoms with Gasteiger partial charge in [-0.2, -0.15) is 0 Å². The number of ketones is 4. The van der Waals surface area contributed by atoms with Gasteiger partial charge in [0.05, 0.1) is 20.1 Å². The van der Waals surface area contributed by atoms with Gasteiger partial charge in [0.1, 0.15) is 0 Å². The Morgan fingerprint density at radius 2 is 0.600 bits per heavy atom. The van der Waals surface area contributed by atoms with Crippen molar-refractivity contribution < 1.29 is 19.2 Å². The van der Waals surface area contributed by atoms with Crippen LogP contribution in [-0.4, -0.2) is 23.1 Å². The van der Waals surface area contributed by atoms with Crippen molar-refractivity contribution in [3.63, 3.8) is 0 Å². The zero-order valence-electron chi connectivity index (χ0n) is 9.45. The molecule has 104 valence electrons. The van der Waals surface area contributed by atoms with Gasteiger partial charge in [-0.3, -0.25) is 19.2 Å². The Bertz CT molecular complexity index is 526. The first-order valence-electron chi connectivity index (χ1n) is 4.88. The maximum atomic E-state index is 10.6. The highest BCUT2D eigenvalue weighted by molar-refractivity contribution is 6.54. The molecule has 8 heteroatoms. The minimum Gasteiger partial charge on any atom is -0.288 e. The summed E-state index contributed by atoms with van der Waals surface area (Å²) in [5, 5.41) is -0.354. The van der Waals surface area contributed by atoms with Crippen LogP contribution < -0.4 is 0 Å². The van der Waals surface area contributed by atoms with E-state index in [9.17, 15) is 19.2 Å². The summed E-state index contributed by atoms with van der Waals surface area (Å²) < 4.78 is 0. The van der Waals surface area contributed by atoms with Crippen LogP contribution in [0.3, 0.4) is 0 Å². The fourth-order valence-corrected chi connectivity index (χ4v) is 1.64. The lowest BCUT2D eigenvalue weighted by atomic mass is 10.2. The number of hydrogen-bond acceptors (Lipinski definition) is 4. The summed E-state index contributed by atoms with van der Waals surface area (Å²) in [6.07, 6.45) is 4.02. The maximum absolute atomic E-state index is 10.6. The van der Waals surface area contributed by atoms with Gasteiger partial charge >= 0.3 is 0 Å². The quantitative estimate of drug-likeness (QED) is 0.628. The van der Waals surface area contributed by atoms with Gasteiger partial charge in [-0.1, -0.05) is 46.4 Å². The number of rotatable bonds is 0. The van der Waals surface area contributed by atoms with Crippen LogP contribution in [0.1, 0.15) is 0 Å². The molecular formula is C12H4Cl4O4. The summed E-state index contributed by atoms with van der Waals surface area (Å²) in [5.41, 5.74) is 0. The fraction of sp³-hybridized carbons (Fsp3) is 0. The zero-order valence-corrected chi connectivity index (χ0v) is 12.5. The minimum atomic E-state index is -0.425. The molecule has 0 spiro atoms. The predicted octanol–water partition coefficient (Wildman–Crippen LogP) is 2.77. The van der Waals surface area contributed by atoms with Crippen LogP contribution in [0, 0.1) is 0 Å². The van der Waals surface area contributed by atoms with E-state index in [0.29, 0.717) is 0 Å². The lowest BCUT2D eigenvalue weighted by molar-refractivity contribution is -0.114. The van der Waals surface area contributed by atoms with E-state index in [1.807, 2.05) is 0 Å². The van der Waals surface area contributed by atoms with E-state index in [1.54, 1.807) is 0 Å². The summed E-state index contributed by atoms with van der Waals surface area (Å²) in [6, 6.07) is 0. The Morgan fingerprint density at radius 3 is 0.750 bits per heavy atom. The van der Waals surface area contributed by atoms with Crippen molar-refractivity contribution in [2.24, 2.45) is 0 Å². The van der Waals surface area contributed by atoms with Crippen LogP contribution in [0.4, 0.5) is 0 Å². The van der Waals surface area contributed by atoms with Crippen molar-refractivity contribution in [3.8, 4) is 0 Å². The molecule has 0 aliphatic heterocycles. The molecule has 0 saturated carbocycles. The molecule has 0 bridgehead atoms. The van der Waals surface area contributed by atoms with Gasteiger partial charge in [0, 0.05) is 24.3 Å². The molecule has 4 nitrogen and oxygen atoms in total. The highest BCUT2D eigenvalue weighted by atomic mass is 35.5. The molecule has 0 N–H and O–H groups in total. The maximum Gasteiger partial charge on any atom is 0.198 e. The van der Waals surface area contributed by atoms with Crippen LogP contribution in [-0.2, 0) is 19.2 Å². The third kappa shape index (κ3) is 4.42. The third-order valence-electron chi connectivity index (χ3n) is 1.97. The second kappa shape index (κ2) is 6.99. The molecule has 0 aromatic carbocycles. The highest BCUT2D eigenvalue weighted by Crippen LogP contribution is 2.17. The van der Waals surface area contributed by atoms with Crippen molar-refractivity contribution >= 4 is 69.5 Å². The summed E-state index contributed by atoms with van der Waals surface area (Å²) in [4.78, 5) is 42.5. The molecule has 2 aliphatic rings. The van der Waals surface area contributed by atoms with Gasteiger partial charge in [-0.05, 0) is 0 Å². The number of allylic oxidation sites excluding steroid dienone is 8. The lowest BCUT2D eigenvalue weighted by Gasteiger charge is -1.99. The molecule has 0 atom stereocenters. The van der Waals surface area contributed by atoms with E-state index in [0.717, 1.165) is 24.3 Å². The van der Waals surface area contributed by atoms with E-state index >= 15 is 0 Å². The van der Waals surface area contributed by atoms with E-state index in [1.165, 1.54) is 0 Å². The van der Waals surface area contributed by atoms with Crippen molar-refractivity contribution in [2.75, 3.05) is 0 Å². The Labute approximate surface area is 133 Å². The molecule has 2 aliphatic carbocycles. The van der Waals surface area contributed by atoms with Gasteiger partial charge < -0.3 is 0 Å². The van der Waals surface area contributed by atoms with Crippen LogP contribution in [0.15, 0.2) is 44.4 Å². The first-order chi connectivity index (χ1) is 9.22. The Hall–Kier alpha value is -1.20. The summed E-state index contributed by atoms with van der Waals surface area (Å²) in [7, 11) is 0. The molecule has 0 unspecified atom stereocenters. The lowest BCUT2D eigenvalue weighted by Crippen LogP contribution is -2.06. The van der Waals surface area contributed by atoms with E-state index in [-0.39, 0.29) is 20.1 Å². The van der Waals surface area contributed by atoms with Gasteiger partial charge in [-0.15, -0.1) is 0 Å². The topological polar surface area (TPSA) is 68.3 Å². The first kappa shape index (κ1) is 16.9. The Balaban J connectivity index is 0.000000200. The van der Waals surface area contributed by atoms with Crippen LogP contribution >= 0.6 is 46.4 Å². The van der Waals surface area contributed by atoms with Crippen molar-refractivity contribution in [3.05, 3.63) is 44.4 Å². The Morgan fingerprint density at radius 1 is 0.450 bits per heavy atom. The molecular weight excluding hydrogens is 350 g/mol. The summed E-state index contributed by atoms with van der Waals surface area (Å²) >= 11 is 21.3. The fourth-order valence-electron chi connectivity index (χ4n) is 1.02. The second-order valence-electron chi connectivity index (χ2n) is 3.43. The molecule has 0 amide bonds. The standard InChI is InChI=1S/2C6H2Cl2O2/c2*7-3-1-5(9)4(8)2-6(3)10/h2*1-2H. The molecule has 0 saturated heterocycles. The molecule has 0 radical (unpaired) electrons. The smallest absolute Gasteiger partial charge is 0.198 e. The molecule has 2 rings (SSSR count). The number of hydrogen-bond donors (Lipinski definition) is 0. The zero-order chi connectivity index (χ0) is 15.4. The van der Waals surface area contributed by atoms with Crippen LogP contribution in [0.25, 0.3) is 0 Å². The average molecular weight is 354 g/mol.